The Morgan fingerprint density at radius 1 is 1.29 bits per heavy atom. The van der Waals surface area contributed by atoms with E-state index >= 15 is 0 Å². The van der Waals surface area contributed by atoms with Crippen LogP contribution in [-0.4, -0.2) is 50.5 Å². The number of amides is 1. The first-order chi connectivity index (χ1) is 15.2. The van der Waals surface area contributed by atoms with E-state index in [4.69, 9.17) is 4.74 Å². The van der Waals surface area contributed by atoms with E-state index in [1.165, 1.54) is 23.0 Å². The molecule has 4 rings (SSSR count). The Morgan fingerprint density at radius 2 is 2.06 bits per heavy atom. The number of aryl methyl sites for hydroxylation is 1. The normalized spacial score (nSPS) is 15.4. The summed E-state index contributed by atoms with van der Waals surface area (Å²) in [4.78, 5) is 38.5. The van der Waals surface area contributed by atoms with Gasteiger partial charge in [0.25, 0.3) is 0 Å². The number of phosphoric ester groups is 1. The minimum atomic E-state index is -5.19. The molecule has 1 saturated heterocycles. The quantitative estimate of drug-likeness (QED) is 0.238. The van der Waals surface area contributed by atoms with Crippen LogP contribution >= 0.6 is 7.82 Å². The van der Waals surface area contributed by atoms with E-state index in [1.807, 2.05) is 0 Å². The molecule has 17 heteroatoms. The second-order valence-corrected chi connectivity index (χ2v) is 7.86. The number of benzene rings is 1. The summed E-state index contributed by atoms with van der Waals surface area (Å²) in [7, 11) is -3.53. The molecule has 0 unspecified atom stereocenters. The summed E-state index contributed by atoms with van der Waals surface area (Å²) in [5, 5.41) is 13.9. The van der Waals surface area contributed by atoms with Gasteiger partial charge in [-0.05, 0) is 40.8 Å². The summed E-state index contributed by atoms with van der Waals surface area (Å²) in [5.41, 5.74) is 0.944. The zero-order chi connectivity index (χ0) is 22.9. The molecule has 168 valence electrons. The third kappa shape index (κ3) is 7.04. The molecule has 0 saturated carbocycles. The second kappa shape index (κ2) is 12.0. The van der Waals surface area contributed by atoms with Gasteiger partial charge in [0.15, 0.2) is 0 Å². The average Bonchev–Trinajstić information content (AvgIpc) is 3.32. The van der Waals surface area contributed by atoms with Crippen LogP contribution in [-0.2, 0) is 20.9 Å². The van der Waals surface area contributed by atoms with E-state index in [2.05, 4.69) is 30.3 Å². The SMILES string of the molecule is Cn1nnnc1Nc1ccc(-c2ccc(N3C[C@H](COP(=O)([O-])[O-])OC3=O)cc2F)cn1.[Na+].[Na+]. The van der Waals surface area contributed by atoms with Crippen LogP contribution in [0.4, 0.5) is 26.6 Å². The molecule has 0 spiro atoms. The van der Waals surface area contributed by atoms with E-state index in [0.717, 1.165) is 11.0 Å². The Balaban J connectivity index is 0.00000204. The van der Waals surface area contributed by atoms with Crippen LogP contribution < -0.4 is 79.1 Å². The monoisotopic (exact) mass is 509 g/mol. The van der Waals surface area contributed by atoms with Gasteiger partial charge in [0.2, 0.25) is 5.95 Å². The molecular formula is C17H15FN7Na2O6P. The zero-order valence-corrected chi connectivity index (χ0v) is 23.3. The van der Waals surface area contributed by atoms with Gasteiger partial charge >= 0.3 is 65.2 Å². The molecular weight excluding hydrogens is 494 g/mol. The number of nitrogens with zero attached hydrogens (tertiary/aromatic N) is 6. The molecule has 1 aliphatic rings. The van der Waals surface area contributed by atoms with Crippen LogP contribution in [0.2, 0.25) is 0 Å². The zero-order valence-electron chi connectivity index (χ0n) is 18.4. The number of tetrazole rings is 1. The van der Waals surface area contributed by atoms with Crippen LogP contribution in [0.3, 0.4) is 0 Å². The molecule has 1 aliphatic heterocycles. The average molecular weight is 509 g/mol. The topological polar surface area (TPSA) is 170 Å². The van der Waals surface area contributed by atoms with Gasteiger partial charge in [0.05, 0.1) is 26.7 Å². The number of rotatable bonds is 7. The number of halogens is 1. The van der Waals surface area contributed by atoms with E-state index < -0.39 is 32.4 Å². The summed E-state index contributed by atoms with van der Waals surface area (Å²) >= 11 is 0. The minimum absolute atomic E-state index is 0. The second-order valence-electron chi connectivity index (χ2n) is 6.71. The molecule has 1 N–H and O–H groups in total. The summed E-state index contributed by atoms with van der Waals surface area (Å²) in [6.45, 7) is -0.708. The van der Waals surface area contributed by atoms with Crippen LogP contribution in [0.5, 0.6) is 0 Å². The van der Waals surface area contributed by atoms with Crippen LogP contribution in [0.15, 0.2) is 36.5 Å². The fourth-order valence-corrected chi connectivity index (χ4v) is 3.33. The van der Waals surface area contributed by atoms with Crippen molar-refractivity contribution in [1.82, 2.24) is 25.2 Å². The van der Waals surface area contributed by atoms with Gasteiger partial charge in [-0.15, -0.1) is 0 Å². The van der Waals surface area contributed by atoms with Crippen molar-refractivity contribution in [2.75, 3.05) is 23.4 Å². The van der Waals surface area contributed by atoms with E-state index in [0.29, 0.717) is 17.3 Å². The summed E-state index contributed by atoms with van der Waals surface area (Å²) in [5.74, 6) is 0.228. The Hall–Kier alpha value is -1.45. The number of hydrogen-bond acceptors (Lipinski definition) is 11. The molecule has 3 heterocycles. The van der Waals surface area contributed by atoms with Gasteiger partial charge in [-0.25, -0.2) is 18.9 Å². The van der Waals surface area contributed by atoms with Crippen molar-refractivity contribution in [1.29, 1.82) is 0 Å². The van der Waals surface area contributed by atoms with Gasteiger partial charge in [-0.3, -0.25) is 4.90 Å². The molecule has 1 fully saturated rings. The Morgan fingerprint density at radius 3 is 2.65 bits per heavy atom. The number of phosphoric acid groups is 1. The Labute approximate surface area is 236 Å². The number of hydrogen-bond donors (Lipinski definition) is 1. The first kappa shape index (κ1) is 28.8. The van der Waals surface area contributed by atoms with Gasteiger partial charge in [-0.1, -0.05) is 5.10 Å². The molecule has 0 bridgehead atoms. The van der Waals surface area contributed by atoms with Crippen molar-refractivity contribution in [3.63, 3.8) is 0 Å². The first-order valence-electron chi connectivity index (χ1n) is 9.10. The van der Waals surface area contributed by atoms with E-state index in [9.17, 15) is 23.5 Å². The Bertz CT molecular complexity index is 1200. The van der Waals surface area contributed by atoms with Crippen LogP contribution in [0, 0.1) is 5.82 Å². The summed E-state index contributed by atoms with van der Waals surface area (Å²) in [6.07, 6.45) is -0.325. The fourth-order valence-electron chi connectivity index (χ4n) is 2.98. The van der Waals surface area contributed by atoms with Crippen LogP contribution in [0.1, 0.15) is 0 Å². The molecule has 2 aromatic heterocycles. The third-order valence-electron chi connectivity index (χ3n) is 4.49. The number of carbonyl (C=O) groups excluding carboxylic acids is 1. The van der Waals surface area contributed by atoms with Crippen molar-refractivity contribution in [2.45, 2.75) is 6.10 Å². The summed E-state index contributed by atoms with van der Waals surface area (Å²) < 4.78 is 35.9. The number of ether oxygens (including phenoxy) is 1. The van der Waals surface area contributed by atoms with Gasteiger partial charge in [-0.2, -0.15) is 0 Å². The smallest absolute Gasteiger partial charge is 0.790 e. The standard InChI is InChI=1S/C17H17FN7O6P.2Na/c1-24-16(21-22-23-24)20-15-5-2-10(7-19-15)13-4-3-11(6-14(13)18)25-8-12(31-17(25)26)9-30-32(27,28)29;;/h2-7,12H,8-9H2,1H3,(H2,27,28,29)(H,19,20,21,23);;/q;2*+1/p-2/t12-;;/m1../s1. The summed E-state index contributed by atoms with van der Waals surface area (Å²) in [6, 6.07) is 7.40. The third-order valence-corrected chi connectivity index (χ3v) is 4.96. The predicted octanol–water partition coefficient (Wildman–Crippen LogP) is -5.67. The molecule has 1 amide bonds. The number of aromatic nitrogens is 5. The van der Waals surface area contributed by atoms with Gasteiger partial charge in [0, 0.05) is 24.4 Å². The van der Waals surface area contributed by atoms with Gasteiger partial charge in [0.1, 0.15) is 17.7 Å². The number of nitrogens with one attached hydrogen (secondary N) is 1. The maximum absolute atomic E-state index is 14.8. The Kier molecular flexibility index (Phi) is 10.2. The molecule has 1 aromatic carbocycles. The van der Waals surface area contributed by atoms with Crippen molar-refractivity contribution >= 4 is 31.4 Å². The minimum Gasteiger partial charge on any atom is -0.790 e. The fraction of sp³-hybridized carbons (Fsp3) is 0.235. The van der Waals surface area contributed by atoms with Gasteiger partial charge < -0.3 is 28.9 Å². The molecule has 0 aliphatic carbocycles. The molecule has 0 radical (unpaired) electrons. The maximum atomic E-state index is 14.8. The predicted molar refractivity (Wildman–Crippen MR) is 103 cm³/mol. The van der Waals surface area contributed by atoms with E-state index in [-0.39, 0.29) is 76.9 Å². The molecule has 34 heavy (non-hydrogen) atoms. The van der Waals surface area contributed by atoms with E-state index in [1.54, 1.807) is 19.2 Å². The molecule has 3 aromatic rings. The largest absolute Gasteiger partial charge is 1.00 e. The van der Waals surface area contributed by atoms with Crippen molar-refractivity contribution in [3.05, 3.63) is 42.3 Å². The van der Waals surface area contributed by atoms with Crippen LogP contribution in [0.25, 0.3) is 11.1 Å². The molecule has 13 nitrogen and oxygen atoms in total. The number of pyridine rings is 1. The number of anilines is 3. The van der Waals surface area contributed by atoms with Crippen molar-refractivity contribution < 1.29 is 91.9 Å². The molecule has 1 atom stereocenters. The van der Waals surface area contributed by atoms with Crippen molar-refractivity contribution in [2.24, 2.45) is 7.05 Å². The number of carbonyl (C=O) groups is 1. The maximum Gasteiger partial charge on any atom is 1.00 e. The number of cyclic esters (lactones) is 1. The first-order valence-corrected chi connectivity index (χ1v) is 10.6. The van der Waals surface area contributed by atoms with Crippen molar-refractivity contribution in [3.8, 4) is 11.1 Å².